The average molecular weight is 412 g/mol. The number of pyridine rings is 1. The van der Waals surface area contributed by atoms with Crippen LogP contribution in [0.25, 0.3) is 11.0 Å². The van der Waals surface area contributed by atoms with Crippen molar-refractivity contribution in [2.45, 2.75) is 46.8 Å². The monoisotopic (exact) mass is 411 g/mol. The fourth-order valence-electron chi connectivity index (χ4n) is 3.28. The number of aryl methyl sites for hydroxylation is 2. The van der Waals surface area contributed by atoms with Gasteiger partial charge in [0.05, 0.1) is 18.5 Å². The Labute approximate surface area is 177 Å². The standard InChI is InChI=1S/C23H29N3O4/c1-14-10-16(13-28-7)8-9-18(14)25-20-11-17-19(12-24-20)29-15(2)21(17)26(6)22(27)30-23(3,4)5/h8-12H,13H2,1-7H3,(H,24,25). The minimum absolute atomic E-state index is 0.441. The third-order valence-electron chi connectivity index (χ3n) is 4.59. The molecule has 160 valence electrons. The number of hydrogen-bond donors (Lipinski definition) is 1. The van der Waals surface area contributed by atoms with Crippen LogP contribution in [0, 0.1) is 13.8 Å². The van der Waals surface area contributed by atoms with Crippen molar-refractivity contribution in [3.8, 4) is 0 Å². The Kier molecular flexibility index (Phi) is 6.03. The number of ether oxygens (including phenoxy) is 2. The Morgan fingerprint density at radius 2 is 1.97 bits per heavy atom. The summed E-state index contributed by atoms with van der Waals surface area (Å²) < 4.78 is 16.5. The van der Waals surface area contributed by atoms with Gasteiger partial charge in [-0.05, 0) is 57.9 Å². The SMILES string of the molecule is COCc1ccc(Nc2cc3c(N(C)C(=O)OC(C)(C)C)c(C)oc3cn2)c(C)c1. The lowest BCUT2D eigenvalue weighted by atomic mass is 10.1. The third kappa shape index (κ3) is 4.74. The van der Waals surface area contributed by atoms with E-state index in [0.717, 1.165) is 22.2 Å². The van der Waals surface area contributed by atoms with Crippen LogP contribution in [0.15, 0.2) is 34.9 Å². The van der Waals surface area contributed by atoms with Crippen molar-refractivity contribution in [3.05, 3.63) is 47.3 Å². The Bertz CT molecular complexity index is 1070. The highest BCUT2D eigenvalue weighted by Crippen LogP contribution is 2.35. The maximum absolute atomic E-state index is 12.6. The predicted octanol–water partition coefficient (Wildman–Crippen LogP) is 5.71. The van der Waals surface area contributed by atoms with Gasteiger partial charge in [0, 0.05) is 25.2 Å². The number of benzene rings is 1. The number of rotatable bonds is 5. The minimum Gasteiger partial charge on any atom is -0.457 e. The van der Waals surface area contributed by atoms with E-state index >= 15 is 0 Å². The highest BCUT2D eigenvalue weighted by molar-refractivity contribution is 6.01. The van der Waals surface area contributed by atoms with Gasteiger partial charge in [-0.2, -0.15) is 0 Å². The molecule has 0 aliphatic heterocycles. The van der Waals surface area contributed by atoms with Crippen LogP contribution < -0.4 is 10.2 Å². The first-order valence-corrected chi connectivity index (χ1v) is 9.80. The molecule has 3 aromatic rings. The molecule has 0 spiro atoms. The lowest BCUT2D eigenvalue weighted by molar-refractivity contribution is 0.0589. The van der Waals surface area contributed by atoms with E-state index in [4.69, 9.17) is 13.9 Å². The molecule has 2 heterocycles. The van der Waals surface area contributed by atoms with Crippen LogP contribution in [0.3, 0.4) is 0 Å². The van der Waals surface area contributed by atoms with E-state index in [1.54, 1.807) is 20.4 Å². The maximum Gasteiger partial charge on any atom is 0.414 e. The molecule has 0 saturated carbocycles. The lowest BCUT2D eigenvalue weighted by Crippen LogP contribution is -2.34. The summed E-state index contributed by atoms with van der Waals surface area (Å²) in [6, 6.07) is 7.98. The fourth-order valence-corrected chi connectivity index (χ4v) is 3.28. The van der Waals surface area contributed by atoms with Gasteiger partial charge in [0.1, 0.15) is 17.2 Å². The van der Waals surface area contributed by atoms with Gasteiger partial charge in [0.15, 0.2) is 5.58 Å². The zero-order chi connectivity index (χ0) is 22.1. The molecule has 2 aromatic heterocycles. The highest BCUT2D eigenvalue weighted by Gasteiger charge is 2.25. The second kappa shape index (κ2) is 8.36. The summed E-state index contributed by atoms with van der Waals surface area (Å²) in [7, 11) is 3.36. The molecule has 1 N–H and O–H groups in total. The van der Waals surface area contributed by atoms with Crippen LogP contribution >= 0.6 is 0 Å². The Morgan fingerprint density at radius 3 is 2.60 bits per heavy atom. The molecule has 0 unspecified atom stereocenters. The normalized spacial score (nSPS) is 11.6. The number of furan rings is 1. The van der Waals surface area contributed by atoms with Crippen LogP contribution in [-0.4, -0.2) is 30.8 Å². The van der Waals surface area contributed by atoms with Gasteiger partial charge in [-0.1, -0.05) is 12.1 Å². The first-order valence-electron chi connectivity index (χ1n) is 9.80. The molecular weight excluding hydrogens is 382 g/mol. The van der Waals surface area contributed by atoms with Gasteiger partial charge < -0.3 is 19.2 Å². The smallest absolute Gasteiger partial charge is 0.414 e. The second-order valence-electron chi connectivity index (χ2n) is 8.32. The number of anilines is 3. The summed E-state index contributed by atoms with van der Waals surface area (Å²) in [6.07, 6.45) is 1.22. The third-order valence-corrected chi connectivity index (χ3v) is 4.59. The van der Waals surface area contributed by atoms with Gasteiger partial charge in [-0.3, -0.25) is 4.90 Å². The van der Waals surface area contributed by atoms with Crippen molar-refractivity contribution in [1.82, 2.24) is 4.98 Å². The van der Waals surface area contributed by atoms with Crippen molar-refractivity contribution in [2.75, 3.05) is 24.4 Å². The maximum atomic E-state index is 12.6. The molecule has 30 heavy (non-hydrogen) atoms. The molecule has 7 nitrogen and oxygen atoms in total. The Morgan fingerprint density at radius 1 is 1.23 bits per heavy atom. The molecule has 3 rings (SSSR count). The van der Waals surface area contributed by atoms with E-state index in [1.165, 1.54) is 4.90 Å². The minimum atomic E-state index is -0.584. The molecule has 0 atom stereocenters. The van der Waals surface area contributed by atoms with Crippen LogP contribution in [0.1, 0.15) is 37.7 Å². The summed E-state index contributed by atoms with van der Waals surface area (Å²) in [5.74, 6) is 1.28. The predicted molar refractivity (Wildman–Crippen MR) is 119 cm³/mol. The van der Waals surface area contributed by atoms with Crippen molar-refractivity contribution in [3.63, 3.8) is 0 Å². The summed E-state index contributed by atoms with van der Waals surface area (Å²) in [5, 5.41) is 4.13. The quantitative estimate of drug-likeness (QED) is 0.580. The summed E-state index contributed by atoms with van der Waals surface area (Å²) in [4.78, 5) is 18.5. The fraction of sp³-hybridized carbons (Fsp3) is 0.391. The van der Waals surface area contributed by atoms with Gasteiger partial charge in [0.25, 0.3) is 0 Å². The molecule has 1 amide bonds. The van der Waals surface area contributed by atoms with Crippen molar-refractivity contribution in [1.29, 1.82) is 0 Å². The molecule has 7 heteroatoms. The van der Waals surface area contributed by atoms with E-state index in [0.29, 0.717) is 29.5 Å². The van der Waals surface area contributed by atoms with Gasteiger partial charge in [-0.25, -0.2) is 9.78 Å². The van der Waals surface area contributed by atoms with Crippen LogP contribution in [0.4, 0.5) is 22.0 Å². The zero-order valence-corrected chi connectivity index (χ0v) is 18.6. The summed E-state index contributed by atoms with van der Waals surface area (Å²) in [6.45, 7) is 9.94. The highest BCUT2D eigenvalue weighted by atomic mass is 16.6. The van der Waals surface area contributed by atoms with Crippen molar-refractivity contribution < 1.29 is 18.7 Å². The van der Waals surface area contributed by atoms with E-state index in [2.05, 4.69) is 16.4 Å². The second-order valence-corrected chi connectivity index (χ2v) is 8.32. The van der Waals surface area contributed by atoms with Crippen LogP contribution in [-0.2, 0) is 16.1 Å². The number of amides is 1. The van der Waals surface area contributed by atoms with E-state index in [9.17, 15) is 4.79 Å². The molecule has 0 bridgehead atoms. The number of fused-ring (bicyclic) bond motifs is 1. The van der Waals surface area contributed by atoms with E-state index in [1.807, 2.05) is 52.8 Å². The number of hydrogen-bond acceptors (Lipinski definition) is 6. The molecule has 0 aliphatic carbocycles. The van der Waals surface area contributed by atoms with Gasteiger partial charge in [-0.15, -0.1) is 0 Å². The van der Waals surface area contributed by atoms with Crippen LogP contribution in [0.2, 0.25) is 0 Å². The average Bonchev–Trinajstić information content (AvgIpc) is 2.97. The van der Waals surface area contributed by atoms with Gasteiger partial charge >= 0.3 is 6.09 Å². The molecule has 0 radical (unpaired) electrons. The number of carbonyl (C=O) groups excluding carboxylic acids is 1. The number of nitrogens with one attached hydrogen (secondary N) is 1. The van der Waals surface area contributed by atoms with Crippen LogP contribution in [0.5, 0.6) is 0 Å². The summed E-state index contributed by atoms with van der Waals surface area (Å²) in [5.41, 5.74) is 3.83. The van der Waals surface area contributed by atoms with E-state index in [-0.39, 0.29) is 0 Å². The molecular formula is C23H29N3O4. The molecule has 0 aliphatic rings. The topological polar surface area (TPSA) is 76.8 Å². The Hall–Kier alpha value is -3.06. The molecule has 0 fully saturated rings. The zero-order valence-electron chi connectivity index (χ0n) is 18.6. The van der Waals surface area contributed by atoms with Crippen molar-refractivity contribution in [2.24, 2.45) is 0 Å². The number of aromatic nitrogens is 1. The summed E-state index contributed by atoms with van der Waals surface area (Å²) >= 11 is 0. The van der Waals surface area contributed by atoms with Crippen molar-refractivity contribution >= 4 is 34.3 Å². The lowest BCUT2D eigenvalue weighted by Gasteiger charge is -2.24. The number of methoxy groups -OCH3 is 1. The number of carbonyl (C=O) groups is 1. The first-order chi connectivity index (χ1) is 14.1. The number of nitrogens with zero attached hydrogens (tertiary/aromatic N) is 2. The molecule has 1 aromatic carbocycles. The first kappa shape index (κ1) is 21.6. The van der Waals surface area contributed by atoms with Gasteiger partial charge in [0.2, 0.25) is 0 Å². The van der Waals surface area contributed by atoms with E-state index < -0.39 is 11.7 Å². The Balaban J connectivity index is 1.92. The largest absolute Gasteiger partial charge is 0.457 e. The molecule has 0 saturated heterocycles.